The van der Waals surface area contributed by atoms with Gasteiger partial charge in [0.05, 0.1) is 10.6 Å². The van der Waals surface area contributed by atoms with Gasteiger partial charge in [0.25, 0.3) is 15.9 Å². The number of piperidine rings is 1. The molecule has 0 saturated carbocycles. The van der Waals surface area contributed by atoms with Crippen molar-refractivity contribution in [3.63, 3.8) is 0 Å². The van der Waals surface area contributed by atoms with Gasteiger partial charge < -0.3 is 4.90 Å². The van der Waals surface area contributed by atoms with E-state index in [4.69, 9.17) is 0 Å². The van der Waals surface area contributed by atoms with E-state index in [-0.39, 0.29) is 22.6 Å². The number of carbonyl (C=O) groups excluding carboxylic acids is 3. The predicted molar refractivity (Wildman–Crippen MR) is 124 cm³/mol. The summed E-state index contributed by atoms with van der Waals surface area (Å²) in [6.45, 7) is 6.11. The van der Waals surface area contributed by atoms with E-state index >= 15 is 0 Å². The average molecular weight is 473 g/mol. The number of hydrazine groups is 1. The summed E-state index contributed by atoms with van der Waals surface area (Å²) in [4.78, 5) is 39.3. The molecule has 0 radical (unpaired) electrons. The lowest BCUT2D eigenvalue weighted by Gasteiger charge is -2.35. The molecule has 0 unspecified atom stereocenters. The topological polar surface area (TPSA) is 116 Å². The molecule has 2 aliphatic heterocycles. The number of benzene rings is 2. The largest absolute Gasteiger partial charge is 0.342 e. The van der Waals surface area contributed by atoms with Crippen molar-refractivity contribution in [2.24, 2.45) is 11.3 Å². The summed E-state index contributed by atoms with van der Waals surface area (Å²) >= 11 is 0. The van der Waals surface area contributed by atoms with Gasteiger partial charge in [-0.3, -0.25) is 29.5 Å². The predicted octanol–water partition coefficient (Wildman–Crippen LogP) is 1.78. The molecule has 4 rings (SSSR count). The highest BCUT2D eigenvalue weighted by Crippen LogP contribution is 2.41. The smallest absolute Gasteiger partial charge is 0.265 e. The van der Waals surface area contributed by atoms with Crippen molar-refractivity contribution in [1.82, 2.24) is 15.8 Å². The highest BCUT2D eigenvalue weighted by Gasteiger charge is 2.37. The molecule has 0 aromatic heterocycles. The van der Waals surface area contributed by atoms with Crippen molar-refractivity contribution in [2.45, 2.75) is 38.5 Å². The van der Waals surface area contributed by atoms with Crippen molar-refractivity contribution < 1.29 is 22.8 Å². The Kier molecular flexibility index (Phi) is 5.81. The maximum Gasteiger partial charge on any atom is 0.265 e. The van der Waals surface area contributed by atoms with Gasteiger partial charge in [0.15, 0.2) is 0 Å². The van der Waals surface area contributed by atoms with Gasteiger partial charge in [0.2, 0.25) is 11.8 Å². The molecule has 3 amide bonds. The van der Waals surface area contributed by atoms with E-state index in [1.165, 1.54) is 6.07 Å². The first kappa shape index (κ1) is 23.0. The molecule has 9 nitrogen and oxygen atoms in total. The van der Waals surface area contributed by atoms with Crippen LogP contribution in [0.2, 0.25) is 0 Å². The van der Waals surface area contributed by atoms with Crippen LogP contribution in [0.4, 0.5) is 5.69 Å². The first-order valence-corrected chi connectivity index (χ1v) is 12.4. The molecule has 0 bridgehead atoms. The average Bonchev–Trinajstić information content (AvgIpc) is 2.99. The number of anilines is 1. The lowest BCUT2D eigenvalue weighted by molar-refractivity contribution is -0.142. The van der Waals surface area contributed by atoms with Crippen LogP contribution in [-0.2, 0) is 24.4 Å². The molecule has 0 atom stereocenters. The van der Waals surface area contributed by atoms with Gasteiger partial charge in [-0.25, -0.2) is 8.42 Å². The second-order valence-electron chi connectivity index (χ2n) is 9.50. The van der Waals surface area contributed by atoms with Crippen LogP contribution in [-0.4, -0.2) is 50.7 Å². The van der Waals surface area contributed by atoms with Crippen molar-refractivity contribution in [1.29, 1.82) is 0 Å². The number of amides is 3. The number of carbonyl (C=O) groups is 3. The van der Waals surface area contributed by atoms with E-state index < -0.39 is 27.9 Å². The van der Waals surface area contributed by atoms with Gasteiger partial charge in [-0.1, -0.05) is 45.0 Å². The standard InChI is InChI=1S/C23H28N4O5S/c1-23(2,3)22(30)26-12-10-16(11-13-26)21(29)25-24-19(28)14-27-17-8-4-6-15-7-5-9-18(20(15)17)33(27,31)32/h4-9,16H,10-14H2,1-3H3,(H,24,28)(H,25,29). The van der Waals surface area contributed by atoms with Gasteiger partial charge in [-0.2, -0.15) is 0 Å². The fourth-order valence-electron chi connectivity index (χ4n) is 4.35. The molecule has 2 aliphatic rings. The first-order chi connectivity index (χ1) is 15.5. The Balaban J connectivity index is 1.34. The Labute approximate surface area is 193 Å². The number of hydrogen-bond acceptors (Lipinski definition) is 5. The molecule has 0 aliphatic carbocycles. The van der Waals surface area contributed by atoms with Crippen LogP contribution in [0.1, 0.15) is 33.6 Å². The van der Waals surface area contributed by atoms with Crippen LogP contribution >= 0.6 is 0 Å². The number of nitrogens with zero attached hydrogens (tertiary/aromatic N) is 2. The summed E-state index contributed by atoms with van der Waals surface area (Å²) in [6.07, 6.45) is 1.00. The second-order valence-corrected chi connectivity index (χ2v) is 11.3. The van der Waals surface area contributed by atoms with Gasteiger partial charge in [0, 0.05) is 29.8 Å². The molecule has 2 N–H and O–H groups in total. The maximum absolute atomic E-state index is 13.0. The first-order valence-electron chi connectivity index (χ1n) is 10.9. The third-order valence-electron chi connectivity index (χ3n) is 6.09. The Hall–Kier alpha value is -3.14. The summed E-state index contributed by atoms with van der Waals surface area (Å²) < 4.78 is 27.0. The van der Waals surface area contributed by atoms with E-state index in [9.17, 15) is 22.8 Å². The van der Waals surface area contributed by atoms with Crippen LogP contribution in [0.25, 0.3) is 10.8 Å². The molecule has 10 heteroatoms. The van der Waals surface area contributed by atoms with Crippen LogP contribution in [0.5, 0.6) is 0 Å². The molecule has 2 aromatic carbocycles. The van der Waals surface area contributed by atoms with Crippen LogP contribution in [0.15, 0.2) is 41.3 Å². The highest BCUT2D eigenvalue weighted by molar-refractivity contribution is 7.93. The summed E-state index contributed by atoms with van der Waals surface area (Å²) in [5, 5.41) is 1.37. The van der Waals surface area contributed by atoms with Gasteiger partial charge in [-0.15, -0.1) is 0 Å². The van der Waals surface area contributed by atoms with E-state index in [1.807, 2.05) is 32.9 Å². The van der Waals surface area contributed by atoms with Crippen molar-refractivity contribution >= 4 is 44.2 Å². The lowest BCUT2D eigenvalue weighted by Crippen LogP contribution is -2.51. The monoisotopic (exact) mass is 472 g/mol. The number of likely N-dealkylation sites (tertiary alicyclic amines) is 1. The number of sulfonamides is 1. The van der Waals surface area contributed by atoms with Crippen LogP contribution in [0, 0.1) is 11.3 Å². The Morgan fingerprint density at radius 1 is 1.00 bits per heavy atom. The normalized spacial score (nSPS) is 17.8. The minimum atomic E-state index is -3.86. The molecule has 33 heavy (non-hydrogen) atoms. The summed E-state index contributed by atoms with van der Waals surface area (Å²) in [5.41, 5.74) is 4.72. The highest BCUT2D eigenvalue weighted by atomic mass is 32.2. The van der Waals surface area contributed by atoms with Gasteiger partial charge in [0.1, 0.15) is 6.54 Å². The quantitative estimate of drug-likeness (QED) is 0.661. The Morgan fingerprint density at radius 2 is 1.64 bits per heavy atom. The Bertz CT molecular complexity index is 1220. The zero-order valence-electron chi connectivity index (χ0n) is 18.9. The molecule has 2 aromatic rings. The Morgan fingerprint density at radius 3 is 2.27 bits per heavy atom. The van der Waals surface area contributed by atoms with Crippen LogP contribution in [0.3, 0.4) is 0 Å². The van der Waals surface area contributed by atoms with E-state index in [1.54, 1.807) is 23.1 Å². The zero-order valence-corrected chi connectivity index (χ0v) is 19.7. The summed E-state index contributed by atoms with van der Waals surface area (Å²) in [5.74, 6) is -1.27. The second kappa shape index (κ2) is 8.33. The van der Waals surface area contributed by atoms with E-state index in [0.717, 1.165) is 9.69 Å². The number of nitrogens with one attached hydrogen (secondary N) is 2. The summed E-state index contributed by atoms with van der Waals surface area (Å²) in [7, 11) is -3.86. The van der Waals surface area contributed by atoms with Crippen molar-refractivity contribution in [3.8, 4) is 0 Å². The molecule has 0 spiro atoms. The van der Waals surface area contributed by atoms with Crippen molar-refractivity contribution in [2.75, 3.05) is 23.9 Å². The number of rotatable bonds is 3. The van der Waals surface area contributed by atoms with Gasteiger partial charge in [-0.05, 0) is 30.4 Å². The molecule has 176 valence electrons. The zero-order chi connectivity index (χ0) is 24.0. The lowest BCUT2D eigenvalue weighted by atomic mass is 9.91. The maximum atomic E-state index is 13.0. The SMILES string of the molecule is CC(C)(C)C(=O)N1CCC(C(=O)NNC(=O)CN2c3cccc4cccc(c34)S2(=O)=O)CC1. The molecule has 2 heterocycles. The minimum Gasteiger partial charge on any atom is -0.342 e. The number of hydrogen-bond donors (Lipinski definition) is 2. The molecule has 1 saturated heterocycles. The third kappa shape index (κ3) is 4.27. The van der Waals surface area contributed by atoms with E-state index in [2.05, 4.69) is 10.9 Å². The van der Waals surface area contributed by atoms with Crippen LogP contribution < -0.4 is 15.2 Å². The van der Waals surface area contributed by atoms with Crippen molar-refractivity contribution in [3.05, 3.63) is 36.4 Å². The fraction of sp³-hybridized carbons (Fsp3) is 0.435. The summed E-state index contributed by atoms with van der Waals surface area (Å²) in [6, 6.07) is 10.2. The minimum absolute atomic E-state index is 0.0532. The molecule has 1 fully saturated rings. The molecular formula is C23H28N4O5S. The fourth-order valence-corrected chi connectivity index (χ4v) is 6.02. The third-order valence-corrected chi connectivity index (χ3v) is 7.89. The van der Waals surface area contributed by atoms with E-state index in [0.29, 0.717) is 37.0 Å². The molecular weight excluding hydrogens is 444 g/mol. The van der Waals surface area contributed by atoms with Gasteiger partial charge >= 0.3 is 0 Å².